The molecule has 0 aliphatic carbocycles. The summed E-state index contributed by atoms with van der Waals surface area (Å²) in [7, 11) is 0. The van der Waals surface area contributed by atoms with Crippen molar-refractivity contribution in [3.8, 4) is 0 Å². The highest BCUT2D eigenvalue weighted by molar-refractivity contribution is 6.01. The molecule has 0 unspecified atom stereocenters. The molecular weight excluding hydrogens is 272 g/mol. The van der Waals surface area contributed by atoms with Gasteiger partial charge in [0.05, 0.1) is 16.9 Å². The van der Waals surface area contributed by atoms with Crippen LogP contribution in [0.15, 0.2) is 18.2 Å². The van der Waals surface area contributed by atoms with Gasteiger partial charge in [0, 0.05) is 12.8 Å². The van der Waals surface area contributed by atoms with E-state index in [2.05, 4.69) is 10.6 Å². The second kappa shape index (κ2) is 7.42. The number of carboxylic acids is 1. The largest absolute Gasteiger partial charge is 0.478 e. The Kier molecular flexibility index (Phi) is 5.90. The zero-order valence-electron chi connectivity index (χ0n) is 12.4. The molecule has 0 saturated heterocycles. The number of hydrogen-bond donors (Lipinski definition) is 3. The topological polar surface area (TPSA) is 95.5 Å². The van der Waals surface area contributed by atoms with Crippen molar-refractivity contribution in [2.24, 2.45) is 5.92 Å². The zero-order valence-corrected chi connectivity index (χ0v) is 12.4. The predicted molar refractivity (Wildman–Crippen MR) is 80.4 cm³/mol. The van der Waals surface area contributed by atoms with Gasteiger partial charge in [0.25, 0.3) is 0 Å². The van der Waals surface area contributed by atoms with Crippen LogP contribution in [0.5, 0.6) is 0 Å². The van der Waals surface area contributed by atoms with Gasteiger partial charge < -0.3 is 15.7 Å². The summed E-state index contributed by atoms with van der Waals surface area (Å²) < 4.78 is 0. The minimum atomic E-state index is -1.09. The monoisotopic (exact) mass is 292 g/mol. The zero-order chi connectivity index (χ0) is 16.0. The summed E-state index contributed by atoms with van der Waals surface area (Å²) in [4.78, 5) is 34.3. The summed E-state index contributed by atoms with van der Waals surface area (Å²) in [6, 6.07) is 4.18. The molecule has 0 aliphatic heterocycles. The quantitative estimate of drug-likeness (QED) is 0.751. The van der Waals surface area contributed by atoms with Crippen LogP contribution in [-0.4, -0.2) is 22.9 Å². The van der Waals surface area contributed by atoms with Crippen molar-refractivity contribution in [1.29, 1.82) is 0 Å². The molecule has 0 radical (unpaired) electrons. The number of carbonyl (C=O) groups excluding carboxylic acids is 2. The number of hydrogen-bond acceptors (Lipinski definition) is 3. The molecule has 0 bridgehead atoms. The van der Waals surface area contributed by atoms with E-state index < -0.39 is 5.97 Å². The van der Waals surface area contributed by atoms with Gasteiger partial charge >= 0.3 is 5.97 Å². The lowest BCUT2D eigenvalue weighted by Crippen LogP contribution is -2.23. The third-order valence-electron chi connectivity index (χ3n) is 3.19. The first kappa shape index (κ1) is 16.7. The standard InChI is InChI=1S/C15H20N2O4/c1-4-10(5-2)14(19)17-13-8-11(15(20)21)6-7-12(13)16-9(3)18/h6-8,10H,4-5H2,1-3H3,(H,16,18)(H,17,19)(H,20,21). The van der Waals surface area contributed by atoms with E-state index in [1.165, 1.54) is 25.1 Å². The Morgan fingerprint density at radius 2 is 1.71 bits per heavy atom. The normalized spacial score (nSPS) is 10.3. The number of benzene rings is 1. The van der Waals surface area contributed by atoms with Crippen LogP contribution in [0, 0.1) is 5.92 Å². The van der Waals surface area contributed by atoms with Crippen molar-refractivity contribution in [1.82, 2.24) is 0 Å². The Morgan fingerprint density at radius 1 is 1.10 bits per heavy atom. The molecule has 1 aromatic rings. The van der Waals surface area contributed by atoms with Gasteiger partial charge in [-0.15, -0.1) is 0 Å². The maximum atomic E-state index is 12.1. The summed E-state index contributed by atoms with van der Waals surface area (Å²) in [5.41, 5.74) is 0.720. The van der Waals surface area contributed by atoms with E-state index in [1.807, 2.05) is 13.8 Å². The van der Waals surface area contributed by atoms with E-state index in [0.29, 0.717) is 24.2 Å². The van der Waals surface area contributed by atoms with E-state index >= 15 is 0 Å². The summed E-state index contributed by atoms with van der Waals surface area (Å²) in [5, 5.41) is 14.3. The summed E-state index contributed by atoms with van der Waals surface area (Å²) in [6.45, 7) is 5.17. The average molecular weight is 292 g/mol. The molecule has 6 nitrogen and oxygen atoms in total. The Morgan fingerprint density at radius 3 is 2.19 bits per heavy atom. The van der Waals surface area contributed by atoms with E-state index in [9.17, 15) is 14.4 Å². The van der Waals surface area contributed by atoms with Gasteiger partial charge in [-0.2, -0.15) is 0 Å². The third-order valence-corrected chi connectivity index (χ3v) is 3.19. The van der Waals surface area contributed by atoms with Crippen LogP contribution in [-0.2, 0) is 9.59 Å². The van der Waals surface area contributed by atoms with E-state index in [4.69, 9.17) is 5.11 Å². The average Bonchev–Trinajstić information content (AvgIpc) is 2.41. The van der Waals surface area contributed by atoms with Crippen molar-refractivity contribution < 1.29 is 19.5 Å². The fourth-order valence-corrected chi connectivity index (χ4v) is 1.97. The first-order chi connectivity index (χ1) is 9.88. The van der Waals surface area contributed by atoms with Crippen LogP contribution >= 0.6 is 0 Å². The molecule has 0 spiro atoms. The van der Waals surface area contributed by atoms with Crippen molar-refractivity contribution in [3.05, 3.63) is 23.8 Å². The van der Waals surface area contributed by atoms with Crippen LogP contribution in [0.4, 0.5) is 11.4 Å². The molecule has 21 heavy (non-hydrogen) atoms. The lowest BCUT2D eigenvalue weighted by Gasteiger charge is -2.16. The minimum absolute atomic E-state index is 0.0453. The first-order valence-electron chi connectivity index (χ1n) is 6.84. The van der Waals surface area contributed by atoms with Gasteiger partial charge in [-0.3, -0.25) is 9.59 Å². The predicted octanol–water partition coefficient (Wildman–Crippen LogP) is 2.72. The van der Waals surface area contributed by atoms with Gasteiger partial charge in [-0.25, -0.2) is 4.79 Å². The highest BCUT2D eigenvalue weighted by atomic mass is 16.4. The van der Waals surface area contributed by atoms with Gasteiger partial charge in [0.1, 0.15) is 0 Å². The molecule has 0 atom stereocenters. The summed E-state index contributed by atoms with van der Waals surface area (Å²) in [5.74, 6) is -1.73. The molecular formula is C15H20N2O4. The molecule has 1 rings (SSSR count). The van der Waals surface area contributed by atoms with Crippen LogP contribution in [0.3, 0.4) is 0 Å². The van der Waals surface area contributed by atoms with Gasteiger partial charge in [0.2, 0.25) is 11.8 Å². The number of rotatable bonds is 6. The molecule has 0 fully saturated rings. The van der Waals surface area contributed by atoms with E-state index in [-0.39, 0.29) is 23.3 Å². The number of anilines is 2. The smallest absolute Gasteiger partial charge is 0.335 e. The van der Waals surface area contributed by atoms with E-state index in [0.717, 1.165) is 0 Å². The van der Waals surface area contributed by atoms with Crippen LogP contribution in [0.2, 0.25) is 0 Å². The van der Waals surface area contributed by atoms with Crippen LogP contribution < -0.4 is 10.6 Å². The molecule has 1 aromatic carbocycles. The Balaban J connectivity index is 3.10. The number of carboxylic acid groups (broad SMARTS) is 1. The fourth-order valence-electron chi connectivity index (χ4n) is 1.97. The van der Waals surface area contributed by atoms with Gasteiger partial charge in [-0.1, -0.05) is 13.8 Å². The lowest BCUT2D eigenvalue weighted by molar-refractivity contribution is -0.120. The highest BCUT2D eigenvalue weighted by Crippen LogP contribution is 2.25. The Bertz CT molecular complexity index is 551. The number of aromatic carboxylic acids is 1. The Labute approximate surface area is 123 Å². The van der Waals surface area contributed by atoms with E-state index in [1.54, 1.807) is 0 Å². The first-order valence-corrected chi connectivity index (χ1v) is 6.84. The number of amides is 2. The second-order valence-electron chi connectivity index (χ2n) is 4.75. The van der Waals surface area contributed by atoms with Crippen molar-refractivity contribution in [3.63, 3.8) is 0 Å². The Hall–Kier alpha value is -2.37. The fraction of sp³-hybridized carbons (Fsp3) is 0.400. The van der Waals surface area contributed by atoms with Crippen molar-refractivity contribution in [2.45, 2.75) is 33.6 Å². The molecule has 0 aromatic heterocycles. The maximum Gasteiger partial charge on any atom is 0.335 e. The highest BCUT2D eigenvalue weighted by Gasteiger charge is 2.17. The van der Waals surface area contributed by atoms with Crippen LogP contribution in [0.1, 0.15) is 44.0 Å². The van der Waals surface area contributed by atoms with Gasteiger partial charge in [-0.05, 0) is 31.0 Å². The maximum absolute atomic E-state index is 12.1. The lowest BCUT2D eigenvalue weighted by atomic mass is 10.0. The molecule has 0 saturated carbocycles. The third kappa shape index (κ3) is 4.59. The number of nitrogens with one attached hydrogen (secondary N) is 2. The van der Waals surface area contributed by atoms with Crippen LogP contribution in [0.25, 0.3) is 0 Å². The SMILES string of the molecule is CCC(CC)C(=O)Nc1cc(C(=O)O)ccc1NC(C)=O. The summed E-state index contributed by atoms with van der Waals surface area (Å²) in [6.07, 6.45) is 1.38. The molecule has 6 heteroatoms. The second-order valence-corrected chi connectivity index (χ2v) is 4.75. The molecule has 2 amide bonds. The molecule has 0 aliphatic rings. The van der Waals surface area contributed by atoms with Gasteiger partial charge in [0.15, 0.2) is 0 Å². The minimum Gasteiger partial charge on any atom is -0.478 e. The molecule has 0 heterocycles. The molecule has 3 N–H and O–H groups in total. The summed E-state index contributed by atoms with van der Waals surface area (Å²) >= 11 is 0. The van der Waals surface area contributed by atoms with Crippen molar-refractivity contribution >= 4 is 29.2 Å². The number of carbonyl (C=O) groups is 3. The molecule has 114 valence electrons. The van der Waals surface area contributed by atoms with Crippen molar-refractivity contribution in [2.75, 3.05) is 10.6 Å².